The van der Waals surface area contributed by atoms with Crippen molar-refractivity contribution < 1.29 is 61.7 Å². The maximum atomic E-state index is 10.5. The molecule has 8 heteroatoms. The quantitative estimate of drug-likeness (QED) is 0.467. The summed E-state index contributed by atoms with van der Waals surface area (Å²) in [7, 11) is 0. The summed E-state index contributed by atoms with van der Waals surface area (Å²) in [5.74, 6) is 0. The zero-order chi connectivity index (χ0) is 11.8. The Labute approximate surface area is 160 Å². The maximum Gasteiger partial charge on any atom is 1.00 e. The third-order valence-electron chi connectivity index (χ3n) is 2.31. The first kappa shape index (κ1) is 16.9. The van der Waals surface area contributed by atoms with Crippen LogP contribution in [0.2, 0.25) is 5.02 Å². The molecule has 0 saturated heterocycles. The van der Waals surface area contributed by atoms with E-state index in [1.54, 1.807) is 30.9 Å². The zero-order valence-electron chi connectivity index (χ0n) is 9.87. The summed E-state index contributed by atoms with van der Waals surface area (Å²) in [4.78, 5) is 19.5. The Bertz CT molecular complexity index is 713. The average Bonchev–Trinajstić information content (AvgIpc) is 2.93. The number of thiazole rings is 1. The van der Waals surface area contributed by atoms with Crippen LogP contribution in [0.4, 0.5) is 0 Å². The molecule has 0 aliphatic rings. The van der Waals surface area contributed by atoms with Crippen LogP contribution in [0.25, 0.3) is 16.2 Å². The van der Waals surface area contributed by atoms with Gasteiger partial charge in [0, 0.05) is 12.4 Å². The molecule has 3 aromatic rings. The zero-order valence-corrected chi connectivity index (χ0v) is 14.6. The summed E-state index contributed by atoms with van der Waals surface area (Å²) in [5, 5.41) is 0.959. The molecule has 0 aliphatic carbocycles. The smallest absolute Gasteiger partial charge is 0.870 e. The Morgan fingerprint density at radius 1 is 1.26 bits per heavy atom. The van der Waals surface area contributed by atoms with Gasteiger partial charge in [-0.3, -0.25) is 9.38 Å². The van der Waals surface area contributed by atoms with Gasteiger partial charge in [-0.05, 0) is 17.1 Å². The Morgan fingerprint density at radius 3 is 2.74 bits per heavy atom. The van der Waals surface area contributed by atoms with Gasteiger partial charge in [0.2, 0.25) is 0 Å². The Hall–Kier alpha value is -0.124. The molecule has 0 saturated carbocycles. The standard InChI is InChI=1S/C11H5ClN3OS.K.H2O/c12-7-1-2-10-13-3-8(15(10)5-7)9-4-14-11(6-16)17-9;;/h1-5H;;1H2/q-1;+1;/p-1. The van der Waals surface area contributed by atoms with Gasteiger partial charge in [-0.15, -0.1) is 11.3 Å². The first-order chi connectivity index (χ1) is 8.28. The minimum atomic E-state index is 0. The topological polar surface area (TPSA) is 77.3 Å². The Balaban J connectivity index is 0.000000902. The van der Waals surface area contributed by atoms with E-state index in [0.29, 0.717) is 10.0 Å². The van der Waals surface area contributed by atoms with E-state index in [2.05, 4.69) is 9.97 Å². The number of carbonyl (C=O) groups excluding carboxylic acids is 1. The molecule has 3 heterocycles. The predicted molar refractivity (Wildman–Crippen MR) is 68.0 cm³/mol. The molecule has 3 rings (SSSR count). The second-order valence-corrected chi connectivity index (χ2v) is 4.82. The molecule has 92 valence electrons. The minimum Gasteiger partial charge on any atom is -0.870 e. The molecule has 0 bridgehead atoms. The van der Waals surface area contributed by atoms with Crippen molar-refractivity contribution in [2.24, 2.45) is 0 Å². The van der Waals surface area contributed by atoms with Crippen LogP contribution in [-0.4, -0.2) is 26.1 Å². The number of rotatable bonds is 2. The number of halogens is 1. The number of nitrogens with zero attached hydrogens (tertiary/aromatic N) is 3. The van der Waals surface area contributed by atoms with Crippen molar-refractivity contribution in [3.63, 3.8) is 0 Å². The normalized spacial score (nSPS) is 9.74. The van der Waals surface area contributed by atoms with Crippen molar-refractivity contribution in [2.75, 3.05) is 0 Å². The fourth-order valence-corrected chi connectivity index (χ4v) is 2.45. The summed E-state index contributed by atoms with van der Waals surface area (Å²) < 4.78 is 1.87. The molecule has 1 N–H and O–H groups in total. The molecule has 0 radical (unpaired) electrons. The van der Waals surface area contributed by atoms with E-state index in [-0.39, 0.29) is 56.9 Å². The summed E-state index contributed by atoms with van der Waals surface area (Å²) in [6, 6.07) is 3.62. The van der Waals surface area contributed by atoms with Gasteiger partial charge < -0.3 is 10.3 Å². The first-order valence-electron chi connectivity index (χ1n) is 4.75. The maximum absolute atomic E-state index is 10.5. The molecule has 19 heavy (non-hydrogen) atoms. The number of hydrogen-bond acceptors (Lipinski definition) is 5. The fraction of sp³-hybridized carbons (Fsp3) is 0. The monoisotopic (exact) mass is 318 g/mol. The Morgan fingerprint density at radius 2 is 2.05 bits per heavy atom. The van der Waals surface area contributed by atoms with E-state index < -0.39 is 0 Å². The van der Waals surface area contributed by atoms with Crippen LogP contribution in [0.3, 0.4) is 0 Å². The summed E-state index contributed by atoms with van der Waals surface area (Å²) in [5.41, 5.74) is 1.66. The molecule has 3 aromatic heterocycles. The number of imidazole rings is 1. The van der Waals surface area contributed by atoms with Crippen LogP contribution in [-0.2, 0) is 4.79 Å². The van der Waals surface area contributed by atoms with Gasteiger partial charge in [-0.25, -0.2) is 11.3 Å². The van der Waals surface area contributed by atoms with E-state index >= 15 is 0 Å². The van der Waals surface area contributed by atoms with Gasteiger partial charge in [0.1, 0.15) is 5.65 Å². The van der Waals surface area contributed by atoms with Gasteiger partial charge in [0.05, 0.1) is 21.8 Å². The predicted octanol–water partition coefficient (Wildman–Crippen LogP) is -0.604. The molecule has 0 amide bonds. The van der Waals surface area contributed by atoms with Crippen LogP contribution in [0.1, 0.15) is 5.01 Å². The number of fused-ring (bicyclic) bond motifs is 1. The Kier molecular flexibility index (Phi) is 6.28. The number of hydrogen-bond donors (Lipinski definition) is 0. The molecule has 0 fully saturated rings. The molecular formula is C11H6ClKN3O2S-. The molecule has 0 aliphatic heterocycles. The first-order valence-corrected chi connectivity index (χ1v) is 5.94. The molecule has 0 atom stereocenters. The minimum absolute atomic E-state index is 0. The van der Waals surface area contributed by atoms with E-state index in [1.807, 2.05) is 10.5 Å². The van der Waals surface area contributed by atoms with Crippen LogP contribution < -0.4 is 51.4 Å². The fourth-order valence-electron chi connectivity index (χ4n) is 1.58. The van der Waals surface area contributed by atoms with Gasteiger partial charge in [-0.2, -0.15) is 0 Å². The number of aromatic nitrogens is 3. The summed E-state index contributed by atoms with van der Waals surface area (Å²) >= 11 is 7.22. The van der Waals surface area contributed by atoms with Crippen LogP contribution >= 0.6 is 22.9 Å². The molecule has 0 spiro atoms. The van der Waals surface area contributed by atoms with Gasteiger partial charge in [0.25, 0.3) is 0 Å². The summed E-state index contributed by atoms with van der Waals surface area (Å²) in [6.45, 7) is 0. The van der Waals surface area contributed by atoms with Gasteiger partial charge in [-0.1, -0.05) is 11.6 Å². The van der Waals surface area contributed by atoms with Gasteiger partial charge >= 0.3 is 51.4 Å². The summed E-state index contributed by atoms with van der Waals surface area (Å²) in [6.07, 6.45) is 6.92. The van der Waals surface area contributed by atoms with E-state index in [1.165, 1.54) is 11.3 Å². The third kappa shape index (κ3) is 3.31. The van der Waals surface area contributed by atoms with Gasteiger partial charge in [0.15, 0.2) is 0 Å². The van der Waals surface area contributed by atoms with Crippen molar-refractivity contribution in [3.8, 4) is 10.6 Å². The van der Waals surface area contributed by atoms with E-state index in [9.17, 15) is 4.79 Å². The molecule has 5 nitrogen and oxygen atoms in total. The third-order valence-corrected chi connectivity index (χ3v) is 3.46. The second-order valence-electron chi connectivity index (χ2n) is 3.35. The number of pyridine rings is 1. The van der Waals surface area contributed by atoms with E-state index in [0.717, 1.165) is 16.2 Å². The van der Waals surface area contributed by atoms with Crippen LogP contribution in [0, 0.1) is 0 Å². The second kappa shape index (κ2) is 7.05. The molecular weight excluding hydrogens is 313 g/mol. The van der Waals surface area contributed by atoms with Crippen molar-refractivity contribution in [3.05, 3.63) is 40.8 Å². The van der Waals surface area contributed by atoms with Crippen molar-refractivity contribution in [2.45, 2.75) is 0 Å². The van der Waals surface area contributed by atoms with Crippen LogP contribution in [0.15, 0.2) is 30.7 Å². The largest absolute Gasteiger partial charge is 1.00 e. The van der Waals surface area contributed by atoms with Crippen LogP contribution in [0.5, 0.6) is 0 Å². The molecule has 0 aromatic carbocycles. The SMILES string of the molecule is O=[C-]c1ncc(-c2cnc3ccc(Cl)cn23)s1.[K+].[OH-]. The average molecular weight is 319 g/mol. The molecule has 0 unspecified atom stereocenters. The van der Waals surface area contributed by atoms with E-state index in [4.69, 9.17) is 11.6 Å². The van der Waals surface area contributed by atoms with Crippen molar-refractivity contribution in [1.82, 2.24) is 14.4 Å². The van der Waals surface area contributed by atoms with Crippen molar-refractivity contribution in [1.29, 1.82) is 0 Å². The van der Waals surface area contributed by atoms with Crippen molar-refractivity contribution >= 4 is 34.9 Å².